The molecule has 0 saturated heterocycles. The van der Waals surface area contributed by atoms with Crippen molar-refractivity contribution in [3.05, 3.63) is 35.4 Å². The summed E-state index contributed by atoms with van der Waals surface area (Å²) in [7, 11) is 0. The quantitative estimate of drug-likeness (QED) is 0.838. The van der Waals surface area contributed by atoms with Gasteiger partial charge >= 0.3 is 5.97 Å². The van der Waals surface area contributed by atoms with E-state index in [0.29, 0.717) is 11.5 Å². The second kappa shape index (κ2) is 6.00. The lowest BCUT2D eigenvalue weighted by molar-refractivity contribution is 0.0696. The normalized spacial score (nSPS) is 17.9. The molecule has 2 rings (SSSR count). The Balaban J connectivity index is 2.07. The Labute approximate surface area is 113 Å². The number of aromatic carboxylic acids is 1. The van der Waals surface area contributed by atoms with Crippen molar-refractivity contribution >= 4 is 11.8 Å². The highest BCUT2D eigenvalue weighted by atomic mass is 16.4. The van der Waals surface area contributed by atoms with Gasteiger partial charge in [0, 0.05) is 11.5 Å². The van der Waals surface area contributed by atoms with Crippen molar-refractivity contribution in [2.24, 2.45) is 11.8 Å². The van der Waals surface area contributed by atoms with Crippen LogP contribution < -0.4 is 0 Å². The Morgan fingerprint density at radius 2 is 1.58 bits per heavy atom. The molecule has 1 fully saturated rings. The van der Waals surface area contributed by atoms with E-state index < -0.39 is 5.97 Å². The van der Waals surface area contributed by atoms with E-state index in [2.05, 4.69) is 0 Å². The first kappa shape index (κ1) is 13.8. The van der Waals surface area contributed by atoms with E-state index in [1.165, 1.54) is 31.4 Å². The van der Waals surface area contributed by atoms with Gasteiger partial charge in [0.25, 0.3) is 0 Å². The Kier molecular flexibility index (Phi) is 4.35. The van der Waals surface area contributed by atoms with Crippen molar-refractivity contribution in [1.82, 2.24) is 0 Å². The van der Waals surface area contributed by atoms with Crippen molar-refractivity contribution in [2.75, 3.05) is 0 Å². The maximum atomic E-state index is 12.4. The van der Waals surface area contributed by atoms with Gasteiger partial charge in [0.1, 0.15) is 0 Å². The van der Waals surface area contributed by atoms with Gasteiger partial charge in [-0.3, -0.25) is 4.79 Å². The molecule has 0 heterocycles. The van der Waals surface area contributed by atoms with E-state index in [9.17, 15) is 9.59 Å². The summed E-state index contributed by atoms with van der Waals surface area (Å²) >= 11 is 0. The van der Waals surface area contributed by atoms with Crippen LogP contribution in [0.3, 0.4) is 0 Å². The Morgan fingerprint density at radius 3 is 2.11 bits per heavy atom. The fourth-order valence-electron chi connectivity index (χ4n) is 2.89. The average molecular weight is 260 g/mol. The van der Waals surface area contributed by atoms with Crippen LogP contribution in [-0.2, 0) is 0 Å². The van der Waals surface area contributed by atoms with Crippen LogP contribution in [0.25, 0.3) is 0 Å². The topological polar surface area (TPSA) is 54.4 Å². The number of hydrogen-bond donors (Lipinski definition) is 1. The fraction of sp³-hybridized carbons (Fsp3) is 0.500. The zero-order valence-electron chi connectivity index (χ0n) is 11.3. The standard InChI is InChI=1S/C16H20O3/c1-11(12-5-3-2-4-6-12)15(17)13-7-9-14(10-8-13)16(18)19/h7-12H,2-6H2,1H3,(H,18,19). The summed E-state index contributed by atoms with van der Waals surface area (Å²) < 4.78 is 0. The van der Waals surface area contributed by atoms with Gasteiger partial charge in [0.2, 0.25) is 0 Å². The number of carbonyl (C=O) groups is 2. The van der Waals surface area contributed by atoms with Crippen LogP contribution in [0.1, 0.15) is 59.7 Å². The molecule has 1 aromatic carbocycles. The molecule has 1 unspecified atom stereocenters. The maximum Gasteiger partial charge on any atom is 0.335 e. The first-order valence-corrected chi connectivity index (χ1v) is 6.97. The number of carboxylic acids is 1. The number of Topliss-reactive ketones (excluding diaryl/α,β-unsaturated/α-hetero) is 1. The number of carbonyl (C=O) groups excluding carboxylic acids is 1. The Morgan fingerprint density at radius 1 is 1.05 bits per heavy atom. The van der Waals surface area contributed by atoms with Gasteiger partial charge in [-0.05, 0) is 30.9 Å². The minimum absolute atomic E-state index is 0.0379. The second-order valence-electron chi connectivity index (χ2n) is 5.43. The molecular formula is C16H20O3. The third-order valence-electron chi connectivity index (χ3n) is 4.19. The van der Waals surface area contributed by atoms with Crippen molar-refractivity contribution in [3.8, 4) is 0 Å². The van der Waals surface area contributed by atoms with Crippen molar-refractivity contribution < 1.29 is 14.7 Å². The van der Waals surface area contributed by atoms with Crippen molar-refractivity contribution in [3.63, 3.8) is 0 Å². The van der Waals surface area contributed by atoms with Gasteiger partial charge in [0.05, 0.1) is 5.56 Å². The molecule has 102 valence electrons. The minimum atomic E-state index is -0.959. The van der Waals surface area contributed by atoms with E-state index >= 15 is 0 Å². The van der Waals surface area contributed by atoms with Crippen LogP contribution in [0, 0.1) is 11.8 Å². The molecule has 0 spiro atoms. The first-order chi connectivity index (χ1) is 9.09. The molecule has 1 N–H and O–H groups in total. The fourth-order valence-corrected chi connectivity index (χ4v) is 2.89. The number of rotatable bonds is 4. The summed E-state index contributed by atoms with van der Waals surface area (Å²) in [5, 5.41) is 8.84. The van der Waals surface area contributed by atoms with Gasteiger partial charge < -0.3 is 5.11 Å². The molecular weight excluding hydrogens is 240 g/mol. The van der Waals surface area contributed by atoms with Gasteiger partial charge in [-0.25, -0.2) is 4.79 Å². The van der Waals surface area contributed by atoms with E-state index in [1.807, 2.05) is 6.92 Å². The lowest BCUT2D eigenvalue weighted by atomic mass is 9.78. The van der Waals surface area contributed by atoms with E-state index in [4.69, 9.17) is 5.11 Å². The van der Waals surface area contributed by atoms with Crippen LogP contribution in [0.15, 0.2) is 24.3 Å². The predicted octanol–water partition coefficient (Wildman–Crippen LogP) is 3.78. The molecule has 1 saturated carbocycles. The first-order valence-electron chi connectivity index (χ1n) is 6.97. The van der Waals surface area contributed by atoms with E-state index in [0.717, 1.165) is 12.8 Å². The number of ketones is 1. The number of carboxylic acid groups (broad SMARTS) is 1. The molecule has 0 radical (unpaired) electrons. The van der Waals surface area contributed by atoms with Gasteiger partial charge in [0.15, 0.2) is 5.78 Å². The van der Waals surface area contributed by atoms with Crippen LogP contribution in [-0.4, -0.2) is 16.9 Å². The monoisotopic (exact) mass is 260 g/mol. The minimum Gasteiger partial charge on any atom is -0.478 e. The molecule has 1 atom stereocenters. The highest BCUT2D eigenvalue weighted by molar-refractivity contribution is 5.98. The lowest BCUT2D eigenvalue weighted by Gasteiger charge is -2.26. The van der Waals surface area contributed by atoms with Gasteiger partial charge in [-0.2, -0.15) is 0 Å². The largest absolute Gasteiger partial charge is 0.478 e. The van der Waals surface area contributed by atoms with Crippen molar-refractivity contribution in [1.29, 1.82) is 0 Å². The SMILES string of the molecule is CC(C(=O)c1ccc(C(=O)O)cc1)C1CCCCC1. The van der Waals surface area contributed by atoms with Crippen LogP contribution in [0.2, 0.25) is 0 Å². The molecule has 0 aliphatic heterocycles. The highest BCUT2D eigenvalue weighted by Crippen LogP contribution is 2.31. The molecule has 3 nitrogen and oxygen atoms in total. The van der Waals surface area contributed by atoms with Crippen LogP contribution in [0.5, 0.6) is 0 Å². The third kappa shape index (κ3) is 3.22. The summed E-state index contributed by atoms with van der Waals surface area (Å²) in [6.45, 7) is 2.00. The van der Waals surface area contributed by atoms with Crippen molar-refractivity contribution in [2.45, 2.75) is 39.0 Å². The Bertz CT molecular complexity index is 455. The van der Waals surface area contributed by atoms with Gasteiger partial charge in [-0.1, -0.05) is 38.3 Å². The van der Waals surface area contributed by atoms with E-state index in [-0.39, 0.29) is 17.3 Å². The van der Waals surface area contributed by atoms with Gasteiger partial charge in [-0.15, -0.1) is 0 Å². The summed E-state index contributed by atoms with van der Waals surface area (Å²) in [6.07, 6.45) is 6.01. The number of hydrogen-bond acceptors (Lipinski definition) is 2. The molecule has 3 heteroatoms. The molecule has 0 amide bonds. The Hall–Kier alpha value is -1.64. The lowest BCUT2D eigenvalue weighted by Crippen LogP contribution is -2.23. The zero-order valence-corrected chi connectivity index (χ0v) is 11.3. The molecule has 1 aliphatic rings. The van der Waals surface area contributed by atoms with Crippen LogP contribution in [0.4, 0.5) is 0 Å². The van der Waals surface area contributed by atoms with E-state index in [1.54, 1.807) is 12.1 Å². The summed E-state index contributed by atoms with van der Waals surface area (Å²) in [5.41, 5.74) is 0.852. The van der Waals surface area contributed by atoms with Crippen LogP contribution >= 0.6 is 0 Å². The predicted molar refractivity (Wildman–Crippen MR) is 73.5 cm³/mol. The summed E-state index contributed by atoms with van der Waals surface area (Å²) in [6, 6.07) is 6.27. The molecule has 0 aromatic heterocycles. The highest BCUT2D eigenvalue weighted by Gasteiger charge is 2.26. The smallest absolute Gasteiger partial charge is 0.335 e. The second-order valence-corrected chi connectivity index (χ2v) is 5.43. The summed E-state index contributed by atoms with van der Waals surface area (Å²) in [5.74, 6) is -0.292. The molecule has 19 heavy (non-hydrogen) atoms. The molecule has 1 aliphatic carbocycles. The average Bonchev–Trinajstić information content (AvgIpc) is 2.46. The maximum absolute atomic E-state index is 12.4. The zero-order chi connectivity index (χ0) is 13.8. The summed E-state index contributed by atoms with van der Waals surface area (Å²) in [4.78, 5) is 23.2. The molecule has 1 aromatic rings. The third-order valence-corrected chi connectivity index (χ3v) is 4.19. The number of benzene rings is 1. The molecule has 0 bridgehead atoms.